The lowest BCUT2D eigenvalue weighted by molar-refractivity contribution is -0.991. The van der Waals surface area contributed by atoms with Gasteiger partial charge in [-0.1, -0.05) is 0 Å². The fourth-order valence-electron chi connectivity index (χ4n) is 1.78. The van der Waals surface area contributed by atoms with E-state index in [1.807, 2.05) is 0 Å². The average Bonchev–Trinajstić information content (AvgIpc) is 3.17. The number of quaternary nitrogens is 1. The molecule has 0 saturated heterocycles. The highest BCUT2D eigenvalue weighted by Gasteiger charge is 2.43. The molecule has 2 rings (SSSR count). The summed E-state index contributed by atoms with van der Waals surface area (Å²) in [6.45, 7) is 0.00899. The van der Waals surface area contributed by atoms with Gasteiger partial charge in [0, 0.05) is 26.0 Å². The van der Waals surface area contributed by atoms with Gasteiger partial charge in [0.2, 0.25) is 5.69 Å². The second kappa shape index (κ2) is 5.72. The predicted molar refractivity (Wildman–Crippen MR) is 67.3 cm³/mol. The van der Waals surface area contributed by atoms with Crippen LogP contribution in [0.5, 0.6) is 5.75 Å². The summed E-state index contributed by atoms with van der Waals surface area (Å²) in [5, 5.41) is 22.5. The quantitative estimate of drug-likeness (QED) is 0.497. The van der Waals surface area contributed by atoms with Crippen molar-refractivity contribution in [3.8, 4) is 5.75 Å². The number of nitrogens with one attached hydrogen (secondary N) is 2. The highest BCUT2D eigenvalue weighted by Crippen LogP contribution is 2.40. The molecule has 7 nitrogen and oxygen atoms in total. The minimum absolute atomic E-state index is 0.00899. The number of hydrogen-bond acceptors (Lipinski definition) is 6. The second-order valence-corrected chi connectivity index (χ2v) is 4.39. The zero-order valence-corrected chi connectivity index (χ0v) is 10.9. The molecule has 0 spiro atoms. The van der Waals surface area contributed by atoms with E-state index < -0.39 is 5.23 Å². The first-order chi connectivity index (χ1) is 9.10. The molecule has 1 aromatic rings. The van der Waals surface area contributed by atoms with E-state index in [2.05, 4.69) is 5.32 Å². The van der Waals surface area contributed by atoms with Crippen LogP contribution in [0.3, 0.4) is 0 Å². The van der Waals surface area contributed by atoms with E-state index in [9.17, 15) is 10.4 Å². The molecule has 0 bridgehead atoms. The molecule has 1 aliphatic carbocycles. The van der Waals surface area contributed by atoms with Gasteiger partial charge in [0.1, 0.15) is 5.72 Å². The Hall–Kier alpha value is -1.38. The van der Waals surface area contributed by atoms with Crippen LogP contribution in [-0.4, -0.2) is 31.9 Å². The maximum atomic E-state index is 11.2. The van der Waals surface area contributed by atoms with E-state index in [1.165, 1.54) is 13.2 Å². The molecule has 1 fully saturated rings. The third kappa shape index (κ3) is 3.34. The Morgan fingerprint density at radius 1 is 1.42 bits per heavy atom. The van der Waals surface area contributed by atoms with Crippen LogP contribution in [0.2, 0.25) is 0 Å². The van der Waals surface area contributed by atoms with Crippen molar-refractivity contribution in [3.63, 3.8) is 0 Å². The molecule has 106 valence electrons. The fourth-order valence-corrected chi connectivity index (χ4v) is 1.78. The largest absolute Gasteiger partial charge is 0.595 e. The van der Waals surface area contributed by atoms with Crippen molar-refractivity contribution in [1.29, 1.82) is 0 Å². The van der Waals surface area contributed by atoms with Crippen LogP contribution < -0.4 is 15.3 Å². The van der Waals surface area contributed by atoms with Crippen LogP contribution in [0.4, 0.5) is 11.4 Å². The Balaban J connectivity index is 2.16. The number of ether oxygens (including phenoxy) is 3. The van der Waals surface area contributed by atoms with Crippen LogP contribution in [0.25, 0.3) is 0 Å². The highest BCUT2D eigenvalue weighted by atomic mass is 16.8. The topological polar surface area (TPSA) is 87.5 Å². The number of benzene rings is 1. The molecule has 1 aliphatic rings. The molecule has 0 aliphatic heterocycles. The van der Waals surface area contributed by atoms with Gasteiger partial charge < -0.3 is 24.7 Å². The first kappa shape index (κ1) is 14.0. The normalized spacial score (nSPS) is 17.9. The zero-order valence-electron chi connectivity index (χ0n) is 10.9. The van der Waals surface area contributed by atoms with E-state index in [0.717, 1.165) is 12.8 Å². The highest BCUT2D eigenvalue weighted by molar-refractivity contribution is 5.59. The lowest BCUT2D eigenvalue weighted by Gasteiger charge is -2.20. The molecule has 0 amide bonds. The monoisotopic (exact) mass is 270 g/mol. The third-order valence-electron chi connectivity index (χ3n) is 3.01. The molecular weight excluding hydrogens is 252 g/mol. The van der Waals surface area contributed by atoms with Crippen LogP contribution in [0.15, 0.2) is 18.2 Å². The zero-order chi connectivity index (χ0) is 13.9. The number of rotatable bonds is 7. The molecule has 3 N–H and O–H groups in total. The second-order valence-electron chi connectivity index (χ2n) is 4.39. The molecular formula is C12H18N2O5. The Labute approximate surface area is 111 Å². The van der Waals surface area contributed by atoms with Crippen LogP contribution in [0, 0.1) is 5.21 Å². The predicted octanol–water partition coefficient (Wildman–Crippen LogP) is 0.621. The third-order valence-corrected chi connectivity index (χ3v) is 3.01. The van der Waals surface area contributed by atoms with E-state index in [-0.39, 0.29) is 24.0 Å². The SMILES string of the molecule is COCOc1ccc(NC2(OC)CC2)cc1[NH+]([O-])O. The Bertz CT molecular complexity index is 434. The van der Waals surface area contributed by atoms with Gasteiger partial charge in [-0.3, -0.25) is 0 Å². The molecule has 7 heteroatoms. The standard InChI is InChI=1S/C12H18N2O5/c1-17-8-19-11-4-3-9(7-10(11)14(15)16)13-12(18-2)5-6-12/h3-4,7,13-15H,5-6,8H2,1-2H3. The van der Waals surface area contributed by atoms with Gasteiger partial charge in [-0.15, -0.1) is 0 Å². The lowest BCUT2D eigenvalue weighted by Crippen LogP contribution is -2.99. The summed E-state index contributed by atoms with van der Waals surface area (Å²) >= 11 is 0. The molecule has 1 unspecified atom stereocenters. The minimum Gasteiger partial charge on any atom is -0.595 e. The van der Waals surface area contributed by atoms with Gasteiger partial charge in [-0.05, 0) is 25.0 Å². The van der Waals surface area contributed by atoms with Crippen molar-refractivity contribution in [2.75, 3.05) is 26.3 Å². The summed E-state index contributed by atoms with van der Waals surface area (Å²) in [6.07, 6.45) is 1.82. The summed E-state index contributed by atoms with van der Waals surface area (Å²) in [7, 11) is 3.11. The van der Waals surface area contributed by atoms with Crippen LogP contribution in [0.1, 0.15) is 12.8 Å². The molecule has 0 radical (unpaired) electrons. The van der Waals surface area contributed by atoms with Crippen LogP contribution in [-0.2, 0) is 9.47 Å². The van der Waals surface area contributed by atoms with Gasteiger partial charge in [-0.2, -0.15) is 5.23 Å². The van der Waals surface area contributed by atoms with Gasteiger partial charge >= 0.3 is 0 Å². The summed E-state index contributed by atoms with van der Waals surface area (Å²) in [5.41, 5.74) is 0.445. The van der Waals surface area contributed by atoms with Gasteiger partial charge in [0.25, 0.3) is 0 Å². The van der Waals surface area contributed by atoms with Crippen molar-refractivity contribution < 1.29 is 24.6 Å². The summed E-state index contributed by atoms with van der Waals surface area (Å²) in [6, 6.07) is 4.90. The van der Waals surface area contributed by atoms with Gasteiger partial charge in [-0.25, -0.2) is 5.21 Å². The summed E-state index contributed by atoms with van der Waals surface area (Å²) in [4.78, 5) is 0. The molecule has 0 aromatic heterocycles. The average molecular weight is 270 g/mol. The van der Waals surface area contributed by atoms with Crippen molar-refractivity contribution in [2.45, 2.75) is 18.6 Å². The summed E-state index contributed by atoms with van der Waals surface area (Å²) < 4.78 is 15.3. The number of anilines is 1. The molecule has 1 atom stereocenters. The van der Waals surface area contributed by atoms with E-state index in [0.29, 0.717) is 5.69 Å². The van der Waals surface area contributed by atoms with Crippen molar-refractivity contribution in [3.05, 3.63) is 23.4 Å². The maximum Gasteiger partial charge on any atom is 0.208 e. The Kier molecular flexibility index (Phi) is 4.23. The van der Waals surface area contributed by atoms with Gasteiger partial charge in [0.15, 0.2) is 12.5 Å². The molecule has 1 saturated carbocycles. The fraction of sp³-hybridized carbons (Fsp3) is 0.500. The van der Waals surface area contributed by atoms with Crippen molar-refractivity contribution in [1.82, 2.24) is 0 Å². The molecule has 0 heterocycles. The first-order valence-electron chi connectivity index (χ1n) is 5.92. The maximum absolute atomic E-state index is 11.2. The number of hydrogen-bond donors (Lipinski definition) is 3. The van der Waals surface area contributed by atoms with Crippen LogP contribution >= 0.6 is 0 Å². The first-order valence-corrected chi connectivity index (χ1v) is 5.92. The number of methoxy groups -OCH3 is 2. The smallest absolute Gasteiger partial charge is 0.208 e. The van der Waals surface area contributed by atoms with E-state index in [4.69, 9.17) is 14.2 Å². The lowest BCUT2D eigenvalue weighted by atomic mass is 10.2. The summed E-state index contributed by atoms with van der Waals surface area (Å²) in [5.74, 6) is 0.280. The molecule has 1 aromatic carbocycles. The van der Waals surface area contributed by atoms with Gasteiger partial charge in [0.05, 0.1) is 0 Å². The molecule has 19 heavy (non-hydrogen) atoms. The Morgan fingerprint density at radius 2 is 2.16 bits per heavy atom. The van der Waals surface area contributed by atoms with Crippen molar-refractivity contribution >= 4 is 11.4 Å². The van der Waals surface area contributed by atoms with E-state index in [1.54, 1.807) is 19.2 Å². The van der Waals surface area contributed by atoms with Crippen molar-refractivity contribution in [2.24, 2.45) is 0 Å². The Morgan fingerprint density at radius 3 is 2.68 bits per heavy atom. The van der Waals surface area contributed by atoms with E-state index >= 15 is 0 Å². The minimum atomic E-state index is -1.04.